The first-order chi connectivity index (χ1) is 8.97. The van der Waals surface area contributed by atoms with E-state index in [-0.39, 0.29) is 16.6 Å². The zero-order chi connectivity index (χ0) is 14.0. The summed E-state index contributed by atoms with van der Waals surface area (Å²) in [5.74, 6) is -0.839. The van der Waals surface area contributed by atoms with E-state index in [1.165, 1.54) is 18.2 Å². The van der Waals surface area contributed by atoms with Crippen molar-refractivity contribution >= 4 is 55.1 Å². The van der Waals surface area contributed by atoms with Crippen molar-refractivity contribution in [2.45, 2.75) is 0 Å². The van der Waals surface area contributed by atoms with Gasteiger partial charge >= 0.3 is 0 Å². The van der Waals surface area contributed by atoms with E-state index >= 15 is 0 Å². The highest BCUT2D eigenvalue weighted by Crippen LogP contribution is 2.26. The molecule has 2 nitrogen and oxygen atoms in total. The fraction of sp³-hybridized carbons (Fsp3) is 0. The van der Waals surface area contributed by atoms with Gasteiger partial charge < -0.3 is 5.32 Å². The molecule has 0 unspecified atom stereocenters. The van der Waals surface area contributed by atoms with Crippen molar-refractivity contribution in [3.63, 3.8) is 0 Å². The van der Waals surface area contributed by atoms with Crippen molar-refractivity contribution in [3.05, 3.63) is 61.7 Å². The van der Waals surface area contributed by atoms with E-state index in [1.807, 2.05) is 0 Å². The van der Waals surface area contributed by atoms with Gasteiger partial charge in [-0.1, -0.05) is 27.5 Å². The maximum atomic E-state index is 13.1. The number of hydrogen-bond acceptors (Lipinski definition) is 1. The van der Waals surface area contributed by atoms with Crippen LogP contribution in [0.15, 0.2) is 45.3 Å². The van der Waals surface area contributed by atoms with E-state index in [0.717, 1.165) is 4.47 Å². The number of carbonyl (C=O) groups is 1. The molecule has 2 aromatic rings. The molecule has 0 aliphatic heterocycles. The second-order valence-corrected chi connectivity index (χ2v) is 5.88. The normalized spacial score (nSPS) is 10.3. The topological polar surface area (TPSA) is 29.1 Å². The lowest BCUT2D eigenvalue weighted by Crippen LogP contribution is -2.13. The first kappa shape index (κ1) is 14.5. The zero-order valence-corrected chi connectivity index (χ0v) is 13.3. The molecular formula is C13H7Br2ClFNO. The van der Waals surface area contributed by atoms with Crippen LogP contribution in [-0.4, -0.2) is 5.91 Å². The van der Waals surface area contributed by atoms with Gasteiger partial charge in [-0.3, -0.25) is 4.79 Å². The Balaban J connectivity index is 2.30. The Kier molecular flexibility index (Phi) is 4.60. The monoisotopic (exact) mass is 405 g/mol. The highest BCUT2D eigenvalue weighted by atomic mass is 79.9. The smallest absolute Gasteiger partial charge is 0.256 e. The lowest BCUT2D eigenvalue weighted by molar-refractivity contribution is 0.102. The maximum absolute atomic E-state index is 13.1. The van der Waals surface area contributed by atoms with Crippen molar-refractivity contribution in [1.82, 2.24) is 0 Å². The van der Waals surface area contributed by atoms with Gasteiger partial charge in [0.25, 0.3) is 5.91 Å². The summed E-state index contributed by atoms with van der Waals surface area (Å²) in [5, 5.41) is 2.85. The molecule has 0 radical (unpaired) electrons. The number of carbonyl (C=O) groups excluding carboxylic acids is 1. The first-order valence-electron chi connectivity index (χ1n) is 5.19. The van der Waals surface area contributed by atoms with Gasteiger partial charge in [-0.05, 0) is 52.3 Å². The largest absolute Gasteiger partial charge is 0.321 e. The van der Waals surface area contributed by atoms with Crippen molar-refractivity contribution < 1.29 is 9.18 Å². The van der Waals surface area contributed by atoms with E-state index in [9.17, 15) is 9.18 Å². The minimum absolute atomic E-state index is 0.235. The number of benzene rings is 2. The summed E-state index contributed by atoms with van der Waals surface area (Å²) in [7, 11) is 0. The third-order valence-electron chi connectivity index (χ3n) is 2.35. The predicted molar refractivity (Wildman–Crippen MR) is 81.2 cm³/mol. The van der Waals surface area contributed by atoms with Gasteiger partial charge in [0.1, 0.15) is 5.82 Å². The van der Waals surface area contributed by atoms with Crippen molar-refractivity contribution in [1.29, 1.82) is 0 Å². The molecule has 1 N–H and O–H groups in total. The molecule has 2 aromatic carbocycles. The molecule has 0 fully saturated rings. The van der Waals surface area contributed by atoms with Gasteiger partial charge in [0.15, 0.2) is 0 Å². The second-order valence-electron chi connectivity index (χ2n) is 3.70. The number of nitrogens with one attached hydrogen (secondary N) is 1. The van der Waals surface area contributed by atoms with Gasteiger partial charge in [0.2, 0.25) is 0 Å². The van der Waals surface area contributed by atoms with Crippen molar-refractivity contribution in [2.75, 3.05) is 5.32 Å². The van der Waals surface area contributed by atoms with Crippen LogP contribution in [0.1, 0.15) is 10.4 Å². The molecule has 0 heterocycles. The first-order valence-corrected chi connectivity index (χ1v) is 7.15. The van der Waals surface area contributed by atoms with E-state index < -0.39 is 5.82 Å². The van der Waals surface area contributed by atoms with Crippen LogP contribution in [0.5, 0.6) is 0 Å². The predicted octanol–water partition coefficient (Wildman–Crippen LogP) is 5.26. The molecule has 0 aliphatic rings. The molecule has 0 saturated heterocycles. The van der Waals surface area contributed by atoms with Crippen LogP contribution in [0.2, 0.25) is 5.02 Å². The van der Waals surface area contributed by atoms with Crippen LogP contribution in [0.25, 0.3) is 0 Å². The van der Waals surface area contributed by atoms with E-state index in [0.29, 0.717) is 10.0 Å². The summed E-state index contributed by atoms with van der Waals surface area (Å²) in [6.45, 7) is 0. The zero-order valence-electron chi connectivity index (χ0n) is 9.38. The summed E-state index contributed by atoms with van der Waals surface area (Å²) >= 11 is 12.5. The van der Waals surface area contributed by atoms with E-state index in [2.05, 4.69) is 37.2 Å². The highest BCUT2D eigenvalue weighted by molar-refractivity contribution is 9.11. The van der Waals surface area contributed by atoms with Gasteiger partial charge in [0.05, 0.1) is 16.3 Å². The van der Waals surface area contributed by atoms with Gasteiger partial charge in [-0.25, -0.2) is 4.39 Å². The minimum atomic E-state index is -0.465. The fourth-order valence-electron chi connectivity index (χ4n) is 1.45. The number of halogens is 4. The second kappa shape index (κ2) is 6.03. The van der Waals surface area contributed by atoms with Crippen LogP contribution in [0.3, 0.4) is 0 Å². The molecular weight excluding hydrogens is 400 g/mol. The van der Waals surface area contributed by atoms with Crippen LogP contribution < -0.4 is 5.32 Å². The number of anilines is 1. The Morgan fingerprint density at radius 1 is 1.16 bits per heavy atom. The van der Waals surface area contributed by atoms with Crippen LogP contribution in [0, 0.1) is 5.82 Å². The number of rotatable bonds is 2. The van der Waals surface area contributed by atoms with Gasteiger partial charge in [0, 0.05) is 8.95 Å². The maximum Gasteiger partial charge on any atom is 0.256 e. The Bertz CT molecular complexity index is 649. The third-order valence-corrected chi connectivity index (χ3v) is 3.86. The van der Waals surface area contributed by atoms with Crippen LogP contribution in [0.4, 0.5) is 10.1 Å². The summed E-state index contributed by atoms with van der Waals surface area (Å²) in [4.78, 5) is 12.1. The molecule has 0 spiro atoms. The highest BCUT2D eigenvalue weighted by Gasteiger charge is 2.12. The van der Waals surface area contributed by atoms with E-state index in [4.69, 9.17) is 11.6 Å². The Hall–Kier alpha value is -0.910. The molecule has 2 rings (SSSR count). The number of hydrogen-bond donors (Lipinski definition) is 1. The van der Waals surface area contributed by atoms with Gasteiger partial charge in [-0.15, -0.1) is 0 Å². The standard InChI is InChI=1S/C13H7Br2ClFNO/c14-7-1-3-10(15)9(5-7)13(19)18-12-6-8(17)2-4-11(12)16/h1-6H,(H,18,19). The lowest BCUT2D eigenvalue weighted by Gasteiger charge is -2.09. The Labute approximate surface area is 131 Å². The number of amides is 1. The Morgan fingerprint density at radius 2 is 1.89 bits per heavy atom. The van der Waals surface area contributed by atoms with Crippen molar-refractivity contribution in [2.24, 2.45) is 0 Å². The average Bonchev–Trinajstić information content (AvgIpc) is 2.36. The molecule has 98 valence electrons. The minimum Gasteiger partial charge on any atom is -0.321 e. The average molecular weight is 407 g/mol. The third kappa shape index (κ3) is 3.55. The molecule has 19 heavy (non-hydrogen) atoms. The summed E-state index contributed by atoms with van der Waals surface area (Å²) in [5.41, 5.74) is 0.660. The lowest BCUT2D eigenvalue weighted by atomic mass is 10.2. The summed E-state index contributed by atoms with van der Waals surface area (Å²) < 4.78 is 14.5. The molecule has 0 aliphatic carbocycles. The molecule has 0 aromatic heterocycles. The van der Waals surface area contributed by atoms with Crippen molar-refractivity contribution in [3.8, 4) is 0 Å². The molecule has 0 saturated carbocycles. The Morgan fingerprint density at radius 3 is 2.63 bits per heavy atom. The quantitative estimate of drug-likeness (QED) is 0.723. The molecule has 0 atom stereocenters. The molecule has 6 heteroatoms. The SMILES string of the molecule is O=C(Nc1cc(F)ccc1Cl)c1cc(Br)ccc1Br. The fourth-order valence-corrected chi connectivity index (χ4v) is 2.41. The summed E-state index contributed by atoms with van der Waals surface area (Å²) in [6.07, 6.45) is 0. The van der Waals surface area contributed by atoms with Crippen LogP contribution in [-0.2, 0) is 0 Å². The van der Waals surface area contributed by atoms with Crippen LogP contribution >= 0.6 is 43.5 Å². The summed E-state index contributed by atoms with van der Waals surface area (Å²) in [6, 6.07) is 9.00. The van der Waals surface area contributed by atoms with Gasteiger partial charge in [-0.2, -0.15) is 0 Å². The molecule has 0 bridgehead atoms. The molecule has 1 amide bonds. The van der Waals surface area contributed by atoms with E-state index in [1.54, 1.807) is 18.2 Å².